The van der Waals surface area contributed by atoms with Crippen molar-refractivity contribution in [3.63, 3.8) is 0 Å². The smallest absolute Gasteiger partial charge is 0.0510 e. The lowest BCUT2D eigenvalue weighted by Gasteiger charge is -2.28. The molecule has 120 valence electrons. The van der Waals surface area contributed by atoms with Gasteiger partial charge in [0.05, 0.1) is 5.69 Å². The zero-order valence-electron chi connectivity index (χ0n) is 14.0. The van der Waals surface area contributed by atoms with E-state index in [0.717, 1.165) is 31.3 Å². The maximum Gasteiger partial charge on any atom is 0.0510 e. The number of nitrogens with zero attached hydrogens (tertiary/aromatic N) is 1. The summed E-state index contributed by atoms with van der Waals surface area (Å²) >= 11 is 3.75. The highest BCUT2D eigenvalue weighted by Gasteiger charge is 2.12. The predicted molar refractivity (Wildman–Crippen MR) is 98.0 cm³/mol. The maximum absolute atomic E-state index is 5.64. The van der Waals surface area contributed by atoms with Gasteiger partial charge in [-0.2, -0.15) is 0 Å². The van der Waals surface area contributed by atoms with Crippen molar-refractivity contribution in [2.24, 2.45) is 17.6 Å². The summed E-state index contributed by atoms with van der Waals surface area (Å²) in [6.07, 6.45) is 3.40. The summed E-state index contributed by atoms with van der Waals surface area (Å²) in [5, 5.41) is 0. The van der Waals surface area contributed by atoms with E-state index in [0.29, 0.717) is 6.54 Å². The Kier molecular flexibility index (Phi) is 8.35. The largest absolute Gasteiger partial charge is 0.371 e. The predicted octanol–water partition coefficient (Wildman–Crippen LogP) is 4.85. The van der Waals surface area contributed by atoms with Gasteiger partial charge in [-0.05, 0) is 71.3 Å². The SMILES string of the molecule is CC(C)CCN(CCC(C)C)c1ccc(CCN)cc1Br. The van der Waals surface area contributed by atoms with E-state index in [1.54, 1.807) is 0 Å². The van der Waals surface area contributed by atoms with Gasteiger partial charge in [0, 0.05) is 17.6 Å². The minimum Gasteiger partial charge on any atom is -0.371 e. The summed E-state index contributed by atoms with van der Waals surface area (Å²) in [6.45, 7) is 12.1. The maximum atomic E-state index is 5.64. The van der Waals surface area contributed by atoms with Crippen LogP contribution in [0.3, 0.4) is 0 Å². The summed E-state index contributed by atoms with van der Waals surface area (Å²) in [5.41, 5.74) is 8.27. The van der Waals surface area contributed by atoms with Crippen LogP contribution in [-0.4, -0.2) is 19.6 Å². The first-order valence-electron chi connectivity index (χ1n) is 8.17. The van der Waals surface area contributed by atoms with Crippen LogP contribution in [-0.2, 0) is 6.42 Å². The van der Waals surface area contributed by atoms with Crippen molar-refractivity contribution in [2.45, 2.75) is 47.0 Å². The van der Waals surface area contributed by atoms with E-state index >= 15 is 0 Å². The van der Waals surface area contributed by atoms with Crippen LogP contribution >= 0.6 is 15.9 Å². The van der Waals surface area contributed by atoms with Crippen molar-refractivity contribution in [2.75, 3.05) is 24.5 Å². The Balaban J connectivity index is 2.84. The molecule has 0 bridgehead atoms. The highest BCUT2D eigenvalue weighted by atomic mass is 79.9. The van der Waals surface area contributed by atoms with Gasteiger partial charge in [-0.25, -0.2) is 0 Å². The number of hydrogen-bond acceptors (Lipinski definition) is 2. The molecule has 3 heteroatoms. The summed E-state index contributed by atoms with van der Waals surface area (Å²) in [5.74, 6) is 1.48. The van der Waals surface area contributed by atoms with Gasteiger partial charge in [0.2, 0.25) is 0 Å². The van der Waals surface area contributed by atoms with Crippen LogP contribution in [0.25, 0.3) is 0 Å². The van der Waals surface area contributed by atoms with E-state index < -0.39 is 0 Å². The van der Waals surface area contributed by atoms with Crippen LogP contribution < -0.4 is 10.6 Å². The van der Waals surface area contributed by atoms with Gasteiger partial charge in [0.1, 0.15) is 0 Å². The van der Waals surface area contributed by atoms with Crippen LogP contribution in [0, 0.1) is 11.8 Å². The van der Waals surface area contributed by atoms with E-state index in [2.05, 4.69) is 66.7 Å². The summed E-state index contributed by atoms with van der Waals surface area (Å²) in [7, 11) is 0. The van der Waals surface area contributed by atoms with E-state index in [1.807, 2.05) is 0 Å². The standard InChI is InChI=1S/C18H31BrN2/c1-14(2)8-11-21(12-9-15(3)4)18-6-5-16(7-10-20)13-17(18)19/h5-6,13-15H,7-12,20H2,1-4H3. The van der Waals surface area contributed by atoms with Crippen LogP contribution in [0.1, 0.15) is 46.1 Å². The lowest BCUT2D eigenvalue weighted by molar-refractivity contribution is 0.535. The molecule has 0 aliphatic carbocycles. The molecule has 0 aromatic heterocycles. The fourth-order valence-corrected chi connectivity index (χ4v) is 2.99. The molecule has 0 spiro atoms. The van der Waals surface area contributed by atoms with Gasteiger partial charge in [-0.3, -0.25) is 0 Å². The minimum absolute atomic E-state index is 0.705. The number of rotatable bonds is 9. The van der Waals surface area contributed by atoms with Crippen molar-refractivity contribution < 1.29 is 0 Å². The molecule has 1 aromatic rings. The van der Waals surface area contributed by atoms with E-state index in [-0.39, 0.29) is 0 Å². The molecule has 0 aliphatic rings. The van der Waals surface area contributed by atoms with E-state index in [9.17, 15) is 0 Å². The van der Waals surface area contributed by atoms with Crippen molar-refractivity contribution >= 4 is 21.6 Å². The molecule has 0 amide bonds. The van der Waals surface area contributed by atoms with Crippen molar-refractivity contribution in [1.82, 2.24) is 0 Å². The highest BCUT2D eigenvalue weighted by molar-refractivity contribution is 9.10. The number of nitrogens with two attached hydrogens (primary N) is 1. The molecular weight excluding hydrogens is 324 g/mol. The van der Waals surface area contributed by atoms with Gasteiger partial charge < -0.3 is 10.6 Å². The molecule has 0 unspecified atom stereocenters. The minimum atomic E-state index is 0.705. The molecule has 21 heavy (non-hydrogen) atoms. The van der Waals surface area contributed by atoms with Gasteiger partial charge in [0.15, 0.2) is 0 Å². The topological polar surface area (TPSA) is 29.3 Å². The van der Waals surface area contributed by atoms with Gasteiger partial charge in [-0.1, -0.05) is 33.8 Å². The first kappa shape index (κ1) is 18.5. The second-order valence-electron chi connectivity index (χ2n) is 6.68. The number of anilines is 1. The zero-order valence-corrected chi connectivity index (χ0v) is 15.6. The van der Waals surface area contributed by atoms with Crippen molar-refractivity contribution in [3.05, 3.63) is 28.2 Å². The Labute approximate surface area is 139 Å². The quantitative estimate of drug-likeness (QED) is 0.686. The van der Waals surface area contributed by atoms with E-state index in [1.165, 1.54) is 28.6 Å². The molecule has 0 aliphatic heterocycles. The normalized spacial score (nSPS) is 11.4. The van der Waals surface area contributed by atoms with E-state index in [4.69, 9.17) is 5.73 Å². The Bertz CT molecular complexity index is 404. The average Bonchev–Trinajstić information content (AvgIpc) is 2.40. The molecule has 1 rings (SSSR count). The van der Waals surface area contributed by atoms with Crippen molar-refractivity contribution in [3.8, 4) is 0 Å². The van der Waals surface area contributed by atoms with Gasteiger partial charge >= 0.3 is 0 Å². The number of halogens is 1. The zero-order chi connectivity index (χ0) is 15.8. The molecule has 0 radical (unpaired) electrons. The third-order valence-corrected chi connectivity index (χ3v) is 4.37. The molecule has 2 N–H and O–H groups in total. The highest BCUT2D eigenvalue weighted by Crippen LogP contribution is 2.28. The third kappa shape index (κ3) is 6.84. The molecule has 0 fully saturated rings. The van der Waals surface area contributed by atoms with Crippen LogP contribution in [0.2, 0.25) is 0 Å². The fraction of sp³-hybridized carbons (Fsp3) is 0.667. The fourth-order valence-electron chi connectivity index (χ4n) is 2.31. The van der Waals surface area contributed by atoms with Crippen LogP contribution in [0.5, 0.6) is 0 Å². The summed E-state index contributed by atoms with van der Waals surface area (Å²) in [6, 6.07) is 6.68. The molecule has 0 saturated carbocycles. The Hall–Kier alpha value is -0.540. The molecule has 0 atom stereocenters. The second kappa shape index (κ2) is 9.47. The third-order valence-electron chi connectivity index (χ3n) is 3.74. The van der Waals surface area contributed by atoms with Crippen molar-refractivity contribution in [1.29, 1.82) is 0 Å². The average molecular weight is 355 g/mol. The summed E-state index contributed by atoms with van der Waals surface area (Å²) < 4.78 is 1.20. The second-order valence-corrected chi connectivity index (χ2v) is 7.53. The Morgan fingerprint density at radius 2 is 1.62 bits per heavy atom. The molecule has 1 aromatic carbocycles. The number of benzene rings is 1. The number of hydrogen-bond donors (Lipinski definition) is 1. The molecular formula is C18H31BrN2. The Morgan fingerprint density at radius 1 is 1.05 bits per heavy atom. The monoisotopic (exact) mass is 354 g/mol. The lowest BCUT2D eigenvalue weighted by atomic mass is 10.1. The first-order chi connectivity index (χ1) is 9.93. The lowest BCUT2D eigenvalue weighted by Crippen LogP contribution is -2.28. The molecule has 0 saturated heterocycles. The summed E-state index contributed by atoms with van der Waals surface area (Å²) in [4.78, 5) is 2.52. The Morgan fingerprint density at radius 3 is 2.05 bits per heavy atom. The van der Waals surface area contributed by atoms with Crippen LogP contribution in [0.15, 0.2) is 22.7 Å². The first-order valence-corrected chi connectivity index (χ1v) is 8.96. The van der Waals surface area contributed by atoms with Crippen LogP contribution in [0.4, 0.5) is 5.69 Å². The van der Waals surface area contributed by atoms with Gasteiger partial charge in [-0.15, -0.1) is 0 Å². The van der Waals surface area contributed by atoms with Gasteiger partial charge in [0.25, 0.3) is 0 Å². The molecule has 2 nitrogen and oxygen atoms in total. The molecule has 0 heterocycles.